The monoisotopic (exact) mass is 278 g/mol. The van der Waals surface area contributed by atoms with Crippen LogP contribution in [-0.2, 0) is 0 Å². The molecule has 1 fully saturated rings. The van der Waals surface area contributed by atoms with Crippen LogP contribution in [0.15, 0.2) is 24.3 Å². The number of nitrogen functional groups attached to an aromatic ring is 1. The summed E-state index contributed by atoms with van der Waals surface area (Å²) >= 11 is 0. The van der Waals surface area contributed by atoms with Crippen molar-refractivity contribution in [3.05, 3.63) is 29.8 Å². The minimum Gasteiger partial charge on any atom is -0.491 e. The smallest absolute Gasteiger partial charge is 0.319 e. The first-order valence-corrected chi connectivity index (χ1v) is 6.36. The molecule has 7 nitrogen and oxygen atoms in total. The number of nitrogens with two attached hydrogens (primary N) is 1. The molecule has 108 valence electrons. The van der Waals surface area contributed by atoms with Gasteiger partial charge >= 0.3 is 6.03 Å². The Hall–Kier alpha value is -2.28. The zero-order chi connectivity index (χ0) is 14.5. The number of benzene rings is 1. The van der Waals surface area contributed by atoms with E-state index < -0.39 is 5.91 Å². The molecule has 0 radical (unpaired) electrons. The summed E-state index contributed by atoms with van der Waals surface area (Å²) in [6.07, 6.45) is 0. The highest BCUT2D eigenvalue weighted by Gasteiger charge is 2.24. The topological polar surface area (TPSA) is 87.9 Å². The van der Waals surface area contributed by atoms with Crippen LogP contribution < -0.4 is 16.0 Å². The Morgan fingerprint density at radius 2 is 2.15 bits per heavy atom. The fourth-order valence-electron chi connectivity index (χ4n) is 2.03. The van der Waals surface area contributed by atoms with E-state index in [1.54, 1.807) is 41.1 Å². The van der Waals surface area contributed by atoms with Crippen LogP contribution >= 0.6 is 0 Å². The minimum atomic E-state index is -0.405. The number of rotatable bonds is 5. The highest BCUT2D eigenvalue weighted by atomic mass is 16.5. The maximum absolute atomic E-state index is 11.7. The van der Waals surface area contributed by atoms with Gasteiger partial charge in [0.05, 0.1) is 12.1 Å². The first-order chi connectivity index (χ1) is 9.63. The second-order valence-electron chi connectivity index (χ2n) is 4.51. The second kappa shape index (κ2) is 6.25. The van der Waals surface area contributed by atoms with Crippen molar-refractivity contribution < 1.29 is 14.3 Å². The summed E-state index contributed by atoms with van der Waals surface area (Å²) in [4.78, 5) is 26.6. The summed E-state index contributed by atoms with van der Waals surface area (Å²) in [6.45, 7) is 2.24. The number of nitrogens with one attached hydrogen (secondary N) is 1. The average Bonchev–Trinajstić information content (AvgIpc) is 2.79. The van der Waals surface area contributed by atoms with Crippen LogP contribution in [0.1, 0.15) is 10.4 Å². The van der Waals surface area contributed by atoms with Gasteiger partial charge < -0.3 is 14.5 Å². The summed E-state index contributed by atoms with van der Waals surface area (Å²) in [5, 5.41) is 0. The van der Waals surface area contributed by atoms with Crippen molar-refractivity contribution in [1.29, 1.82) is 0 Å². The van der Waals surface area contributed by atoms with Gasteiger partial charge in [-0.05, 0) is 12.1 Å². The number of ether oxygens (including phenoxy) is 1. The van der Waals surface area contributed by atoms with Crippen LogP contribution in [-0.4, -0.2) is 55.0 Å². The van der Waals surface area contributed by atoms with Crippen LogP contribution in [0.25, 0.3) is 0 Å². The number of hydrazine groups is 1. The Morgan fingerprint density at radius 3 is 2.80 bits per heavy atom. The molecule has 7 heteroatoms. The van der Waals surface area contributed by atoms with E-state index >= 15 is 0 Å². The largest absolute Gasteiger partial charge is 0.491 e. The van der Waals surface area contributed by atoms with E-state index in [0.29, 0.717) is 31.0 Å². The van der Waals surface area contributed by atoms with Crippen LogP contribution in [0.5, 0.6) is 5.75 Å². The molecule has 1 aromatic carbocycles. The summed E-state index contributed by atoms with van der Waals surface area (Å²) in [6, 6.07) is 6.84. The fraction of sp³-hybridized carbons (Fsp3) is 0.385. The summed E-state index contributed by atoms with van der Waals surface area (Å²) in [5.41, 5.74) is 2.45. The van der Waals surface area contributed by atoms with Crippen LogP contribution in [0.2, 0.25) is 0 Å². The Bertz CT molecular complexity index is 506. The number of carbonyl (C=O) groups excluding carboxylic acids is 2. The first-order valence-electron chi connectivity index (χ1n) is 6.36. The molecule has 1 aliphatic heterocycles. The Labute approximate surface area is 117 Å². The molecular weight excluding hydrogens is 260 g/mol. The SMILES string of the molecule is CN1CCN(CCOc2ccccc2C(=O)NN)C1=O. The Morgan fingerprint density at radius 1 is 1.40 bits per heavy atom. The predicted octanol–water partition coefficient (Wildman–Crippen LogP) is 0.0363. The van der Waals surface area contributed by atoms with Gasteiger partial charge in [-0.25, -0.2) is 10.6 Å². The third kappa shape index (κ3) is 3.00. The molecule has 0 unspecified atom stereocenters. The number of carbonyl (C=O) groups is 2. The van der Waals surface area contributed by atoms with Gasteiger partial charge in [-0.2, -0.15) is 0 Å². The third-order valence-corrected chi connectivity index (χ3v) is 3.18. The van der Waals surface area contributed by atoms with Gasteiger partial charge in [-0.3, -0.25) is 10.2 Å². The number of urea groups is 1. The van der Waals surface area contributed by atoms with Gasteiger partial charge in [0, 0.05) is 20.1 Å². The van der Waals surface area contributed by atoms with Crippen molar-refractivity contribution in [2.24, 2.45) is 5.84 Å². The average molecular weight is 278 g/mol. The maximum Gasteiger partial charge on any atom is 0.319 e. The first kappa shape index (κ1) is 14.1. The molecule has 1 heterocycles. The van der Waals surface area contributed by atoms with Crippen molar-refractivity contribution in [2.45, 2.75) is 0 Å². The van der Waals surface area contributed by atoms with Gasteiger partial charge in [0.1, 0.15) is 12.4 Å². The third-order valence-electron chi connectivity index (χ3n) is 3.18. The van der Waals surface area contributed by atoms with E-state index in [4.69, 9.17) is 10.6 Å². The number of para-hydroxylation sites is 1. The molecule has 1 aliphatic rings. The standard InChI is InChI=1S/C13H18N4O3/c1-16-6-7-17(13(16)19)8-9-20-11-5-3-2-4-10(11)12(18)15-14/h2-5H,6-9,14H2,1H3,(H,15,18). The van der Waals surface area contributed by atoms with E-state index in [1.807, 2.05) is 0 Å². The molecule has 0 atom stereocenters. The van der Waals surface area contributed by atoms with Gasteiger partial charge in [0.15, 0.2) is 0 Å². The fourth-order valence-corrected chi connectivity index (χ4v) is 2.03. The summed E-state index contributed by atoms with van der Waals surface area (Å²) < 4.78 is 5.58. The summed E-state index contributed by atoms with van der Waals surface area (Å²) in [7, 11) is 1.77. The molecule has 0 saturated carbocycles. The Kier molecular flexibility index (Phi) is 4.41. The number of hydrogen-bond donors (Lipinski definition) is 2. The van der Waals surface area contributed by atoms with Gasteiger partial charge in [0.25, 0.3) is 5.91 Å². The van der Waals surface area contributed by atoms with Crippen molar-refractivity contribution >= 4 is 11.9 Å². The van der Waals surface area contributed by atoms with Gasteiger partial charge in [-0.1, -0.05) is 12.1 Å². The molecule has 0 aromatic heterocycles. The molecule has 3 amide bonds. The predicted molar refractivity (Wildman–Crippen MR) is 73.2 cm³/mol. The second-order valence-corrected chi connectivity index (χ2v) is 4.51. The molecule has 2 rings (SSSR count). The molecule has 3 N–H and O–H groups in total. The molecule has 1 aromatic rings. The van der Waals surface area contributed by atoms with Crippen molar-refractivity contribution in [2.75, 3.05) is 33.3 Å². The van der Waals surface area contributed by atoms with Crippen LogP contribution in [0.4, 0.5) is 4.79 Å². The molecule has 0 bridgehead atoms. The molecule has 0 spiro atoms. The minimum absolute atomic E-state index is 0.00147. The zero-order valence-corrected chi connectivity index (χ0v) is 11.3. The van der Waals surface area contributed by atoms with Gasteiger partial charge in [-0.15, -0.1) is 0 Å². The number of amides is 3. The van der Waals surface area contributed by atoms with E-state index in [-0.39, 0.29) is 6.03 Å². The highest BCUT2D eigenvalue weighted by Crippen LogP contribution is 2.17. The quantitative estimate of drug-likeness (QED) is 0.452. The zero-order valence-electron chi connectivity index (χ0n) is 11.3. The van der Waals surface area contributed by atoms with E-state index in [1.165, 1.54) is 0 Å². The number of likely N-dealkylation sites (N-methyl/N-ethyl adjacent to an activating group) is 1. The molecule has 1 saturated heterocycles. The van der Waals surface area contributed by atoms with E-state index in [9.17, 15) is 9.59 Å². The van der Waals surface area contributed by atoms with Gasteiger partial charge in [0.2, 0.25) is 0 Å². The van der Waals surface area contributed by atoms with Crippen molar-refractivity contribution in [3.63, 3.8) is 0 Å². The summed E-state index contributed by atoms with van der Waals surface area (Å²) in [5.74, 6) is 5.17. The normalized spacial score (nSPS) is 14.6. The molecule has 20 heavy (non-hydrogen) atoms. The number of nitrogens with zero attached hydrogens (tertiary/aromatic N) is 2. The van der Waals surface area contributed by atoms with Crippen molar-refractivity contribution in [3.8, 4) is 5.75 Å². The molecule has 0 aliphatic carbocycles. The highest BCUT2D eigenvalue weighted by molar-refractivity contribution is 5.96. The van der Waals surface area contributed by atoms with E-state index in [0.717, 1.165) is 6.54 Å². The van der Waals surface area contributed by atoms with Crippen LogP contribution in [0, 0.1) is 0 Å². The lowest BCUT2D eigenvalue weighted by atomic mass is 10.2. The lowest BCUT2D eigenvalue weighted by Gasteiger charge is -2.17. The van der Waals surface area contributed by atoms with E-state index in [2.05, 4.69) is 5.43 Å². The van der Waals surface area contributed by atoms with Crippen LogP contribution in [0.3, 0.4) is 0 Å². The lowest BCUT2D eigenvalue weighted by molar-refractivity contribution is 0.0949. The maximum atomic E-state index is 11.7. The molecular formula is C13H18N4O3. The lowest BCUT2D eigenvalue weighted by Crippen LogP contribution is -2.33. The van der Waals surface area contributed by atoms with Crippen molar-refractivity contribution in [1.82, 2.24) is 15.2 Å². The number of hydrogen-bond acceptors (Lipinski definition) is 4. The Balaban J connectivity index is 1.91.